The predicted octanol–water partition coefficient (Wildman–Crippen LogP) is 4.59. The molecule has 0 bridgehead atoms. The molecule has 0 saturated carbocycles. The van der Waals surface area contributed by atoms with Gasteiger partial charge >= 0.3 is 6.18 Å². The van der Waals surface area contributed by atoms with Crippen molar-refractivity contribution >= 4 is 23.0 Å². The molecule has 2 N–H and O–H groups in total. The largest absolute Gasteiger partial charge is 0.416 e. The Kier molecular flexibility index (Phi) is 5.96. The van der Waals surface area contributed by atoms with Crippen LogP contribution in [-0.4, -0.2) is 20.3 Å². The van der Waals surface area contributed by atoms with Crippen molar-refractivity contribution in [3.8, 4) is 0 Å². The van der Waals surface area contributed by atoms with Gasteiger partial charge in [-0.1, -0.05) is 23.7 Å². The molecule has 0 radical (unpaired) electrons. The molecule has 0 aliphatic heterocycles. The number of nitrogens with two attached hydrogens (primary N) is 1. The number of nitrogen functional groups attached to an aromatic ring is 1. The highest BCUT2D eigenvalue weighted by Crippen LogP contribution is 2.31. The van der Waals surface area contributed by atoms with Crippen molar-refractivity contribution in [3.05, 3.63) is 58.6 Å². The minimum atomic E-state index is -4.34. The molecule has 2 rings (SSSR count). The van der Waals surface area contributed by atoms with Gasteiger partial charge in [-0.25, -0.2) is 0 Å². The zero-order chi connectivity index (χ0) is 17.7. The Morgan fingerprint density at radius 3 is 2.33 bits per heavy atom. The molecule has 0 heterocycles. The van der Waals surface area contributed by atoms with E-state index in [1.54, 1.807) is 25.3 Å². The molecule has 2 aromatic rings. The van der Waals surface area contributed by atoms with Crippen LogP contribution in [0.25, 0.3) is 0 Å². The van der Waals surface area contributed by atoms with Crippen LogP contribution in [-0.2, 0) is 17.5 Å². The van der Waals surface area contributed by atoms with E-state index in [-0.39, 0.29) is 0 Å². The fourth-order valence-electron chi connectivity index (χ4n) is 2.29. The van der Waals surface area contributed by atoms with Crippen LogP contribution in [0.15, 0.2) is 42.5 Å². The van der Waals surface area contributed by atoms with Crippen molar-refractivity contribution in [3.63, 3.8) is 0 Å². The molecule has 130 valence electrons. The topological polar surface area (TPSA) is 38.5 Å². The predicted molar refractivity (Wildman–Crippen MR) is 90.2 cm³/mol. The first-order chi connectivity index (χ1) is 11.3. The molecule has 0 aromatic heterocycles. The summed E-state index contributed by atoms with van der Waals surface area (Å²) in [4.78, 5) is 1.94. The van der Waals surface area contributed by atoms with Crippen molar-refractivity contribution in [2.75, 3.05) is 30.9 Å². The quantitative estimate of drug-likeness (QED) is 0.767. The van der Waals surface area contributed by atoms with E-state index in [1.807, 2.05) is 4.90 Å². The third-order valence-electron chi connectivity index (χ3n) is 3.53. The third-order valence-corrected chi connectivity index (χ3v) is 3.84. The summed E-state index contributed by atoms with van der Waals surface area (Å²) in [5, 5.41) is 0.484. The summed E-state index contributed by atoms with van der Waals surface area (Å²) in [5.74, 6) is 0. The molecule has 0 saturated heterocycles. The van der Waals surface area contributed by atoms with E-state index in [2.05, 4.69) is 0 Å². The number of alkyl halides is 3. The van der Waals surface area contributed by atoms with Gasteiger partial charge < -0.3 is 15.4 Å². The first kappa shape index (κ1) is 18.4. The van der Waals surface area contributed by atoms with E-state index in [9.17, 15) is 13.2 Å². The highest BCUT2D eigenvalue weighted by molar-refractivity contribution is 6.33. The van der Waals surface area contributed by atoms with Gasteiger partial charge in [0.25, 0.3) is 0 Å². The van der Waals surface area contributed by atoms with Crippen LogP contribution < -0.4 is 10.6 Å². The Morgan fingerprint density at radius 2 is 1.79 bits per heavy atom. The standard InChI is InChI=1S/C17H18ClF3N2O/c1-24-9-8-23(16-7-6-14(22)10-15(16)18)11-12-2-4-13(5-3-12)17(19,20)21/h2-7,10H,8-9,11,22H2,1H3. The Bertz CT molecular complexity index is 675. The Labute approximate surface area is 143 Å². The second kappa shape index (κ2) is 7.77. The molecule has 0 spiro atoms. The molecule has 0 atom stereocenters. The molecular weight excluding hydrogens is 341 g/mol. The zero-order valence-corrected chi connectivity index (χ0v) is 13.9. The van der Waals surface area contributed by atoms with E-state index < -0.39 is 11.7 Å². The molecule has 0 aliphatic carbocycles. The maximum Gasteiger partial charge on any atom is 0.416 e. The van der Waals surface area contributed by atoms with Gasteiger partial charge in [0, 0.05) is 25.9 Å². The van der Waals surface area contributed by atoms with Crippen LogP contribution in [0.3, 0.4) is 0 Å². The summed E-state index contributed by atoms with van der Waals surface area (Å²) >= 11 is 6.24. The van der Waals surface area contributed by atoms with Crippen LogP contribution in [0.1, 0.15) is 11.1 Å². The monoisotopic (exact) mass is 358 g/mol. The molecule has 0 aliphatic rings. The number of benzene rings is 2. The summed E-state index contributed by atoms with van der Waals surface area (Å²) in [6.07, 6.45) is -4.34. The molecule has 0 unspecified atom stereocenters. The average Bonchev–Trinajstić information content (AvgIpc) is 2.51. The smallest absolute Gasteiger partial charge is 0.399 e. The molecule has 2 aromatic carbocycles. The second-order valence-electron chi connectivity index (χ2n) is 5.32. The second-order valence-corrected chi connectivity index (χ2v) is 5.73. The van der Waals surface area contributed by atoms with Gasteiger partial charge in [0.2, 0.25) is 0 Å². The lowest BCUT2D eigenvalue weighted by atomic mass is 10.1. The normalized spacial score (nSPS) is 11.5. The molecule has 0 amide bonds. The van der Waals surface area contributed by atoms with Crippen LogP contribution in [0.2, 0.25) is 5.02 Å². The molecule has 24 heavy (non-hydrogen) atoms. The summed E-state index contributed by atoms with van der Waals surface area (Å²) < 4.78 is 43.0. The number of rotatable bonds is 6. The van der Waals surface area contributed by atoms with Crippen molar-refractivity contribution < 1.29 is 17.9 Å². The summed E-state index contributed by atoms with van der Waals surface area (Å²) in [7, 11) is 1.58. The van der Waals surface area contributed by atoms with Crippen molar-refractivity contribution in [1.82, 2.24) is 0 Å². The van der Waals surface area contributed by atoms with Gasteiger partial charge in [-0.3, -0.25) is 0 Å². The van der Waals surface area contributed by atoms with Gasteiger partial charge in [0.1, 0.15) is 0 Å². The number of hydrogen-bond donors (Lipinski definition) is 1. The lowest BCUT2D eigenvalue weighted by Crippen LogP contribution is -2.27. The number of anilines is 2. The average molecular weight is 359 g/mol. The fourth-order valence-corrected chi connectivity index (χ4v) is 2.59. The van der Waals surface area contributed by atoms with Gasteiger partial charge in [-0.2, -0.15) is 13.2 Å². The first-order valence-corrected chi connectivity index (χ1v) is 7.64. The number of hydrogen-bond acceptors (Lipinski definition) is 3. The molecule has 0 fully saturated rings. The van der Waals surface area contributed by atoms with E-state index in [4.69, 9.17) is 22.1 Å². The highest BCUT2D eigenvalue weighted by Gasteiger charge is 2.30. The molecule has 7 heteroatoms. The van der Waals surface area contributed by atoms with E-state index in [1.165, 1.54) is 12.1 Å². The van der Waals surface area contributed by atoms with E-state index in [0.29, 0.717) is 30.4 Å². The maximum atomic E-state index is 12.6. The van der Waals surface area contributed by atoms with Gasteiger partial charge in [-0.05, 0) is 35.9 Å². The highest BCUT2D eigenvalue weighted by atomic mass is 35.5. The first-order valence-electron chi connectivity index (χ1n) is 7.26. The summed E-state index contributed by atoms with van der Waals surface area (Å²) in [6.45, 7) is 1.41. The number of halogens is 4. The minimum Gasteiger partial charge on any atom is -0.399 e. The van der Waals surface area contributed by atoms with Crippen LogP contribution >= 0.6 is 11.6 Å². The summed E-state index contributed by atoms with van der Waals surface area (Å²) in [5.41, 5.74) is 7.08. The van der Waals surface area contributed by atoms with Crippen molar-refractivity contribution in [2.24, 2.45) is 0 Å². The van der Waals surface area contributed by atoms with Crippen LogP contribution in [0.5, 0.6) is 0 Å². The van der Waals surface area contributed by atoms with E-state index in [0.717, 1.165) is 23.4 Å². The fraction of sp³-hybridized carbons (Fsp3) is 0.294. The minimum absolute atomic E-state index is 0.408. The Morgan fingerprint density at radius 1 is 1.12 bits per heavy atom. The Balaban J connectivity index is 2.22. The maximum absolute atomic E-state index is 12.6. The third kappa shape index (κ3) is 4.79. The van der Waals surface area contributed by atoms with Crippen molar-refractivity contribution in [1.29, 1.82) is 0 Å². The summed E-state index contributed by atoms with van der Waals surface area (Å²) in [6, 6.07) is 10.2. The molecular formula is C17H18ClF3N2O. The SMILES string of the molecule is COCCN(Cc1ccc(C(F)(F)F)cc1)c1ccc(N)cc1Cl. The lowest BCUT2D eigenvalue weighted by Gasteiger charge is -2.26. The molecule has 3 nitrogen and oxygen atoms in total. The number of methoxy groups -OCH3 is 1. The Hall–Kier alpha value is -1.92. The lowest BCUT2D eigenvalue weighted by molar-refractivity contribution is -0.137. The van der Waals surface area contributed by atoms with Gasteiger partial charge in [0.15, 0.2) is 0 Å². The van der Waals surface area contributed by atoms with Crippen LogP contribution in [0.4, 0.5) is 24.5 Å². The van der Waals surface area contributed by atoms with E-state index >= 15 is 0 Å². The van der Waals surface area contributed by atoms with Gasteiger partial charge in [-0.15, -0.1) is 0 Å². The number of ether oxygens (including phenoxy) is 1. The zero-order valence-electron chi connectivity index (χ0n) is 13.1. The van der Waals surface area contributed by atoms with Crippen molar-refractivity contribution in [2.45, 2.75) is 12.7 Å². The van der Waals surface area contributed by atoms with Gasteiger partial charge in [0.05, 0.1) is 22.9 Å². The van der Waals surface area contributed by atoms with Crippen LogP contribution in [0, 0.1) is 0 Å². The number of nitrogens with zero attached hydrogens (tertiary/aromatic N) is 1.